The first kappa shape index (κ1) is 36.5. The summed E-state index contributed by atoms with van der Waals surface area (Å²) in [6.45, 7) is 10.8. The molecule has 0 amide bonds. The lowest BCUT2D eigenvalue weighted by Gasteiger charge is -2.62. The predicted molar refractivity (Wildman–Crippen MR) is 187 cm³/mol. The Morgan fingerprint density at radius 1 is 0.755 bits per heavy atom. The van der Waals surface area contributed by atoms with Gasteiger partial charge in [-0.1, -0.05) is 56.2 Å². The van der Waals surface area contributed by atoms with Gasteiger partial charge >= 0.3 is 5.97 Å². The van der Waals surface area contributed by atoms with Gasteiger partial charge in [-0.2, -0.15) is 16.8 Å². The molecule has 0 radical (unpaired) electrons. The monoisotopic (exact) mass is 714 g/mol. The van der Waals surface area contributed by atoms with E-state index in [0.717, 1.165) is 49.7 Å². The third-order valence-electron chi connectivity index (χ3n) is 13.5. The number of benzene rings is 2. The molecule has 49 heavy (non-hydrogen) atoms. The summed E-state index contributed by atoms with van der Waals surface area (Å²) in [4.78, 5) is 12.2. The van der Waals surface area contributed by atoms with E-state index in [1.165, 1.54) is 7.11 Å². The predicted octanol–water partition coefficient (Wildman–Crippen LogP) is 8.01. The summed E-state index contributed by atoms with van der Waals surface area (Å²) in [5.41, 5.74) is 1.81. The molecule has 6 rings (SSSR count). The molecule has 8 nitrogen and oxygen atoms in total. The molecule has 0 N–H and O–H groups in total. The number of hydrogen-bond acceptors (Lipinski definition) is 8. The molecule has 2 aromatic carbocycles. The first-order valence-corrected chi connectivity index (χ1v) is 21.0. The average molecular weight is 715 g/mol. The molecule has 0 heterocycles. The zero-order valence-electron chi connectivity index (χ0n) is 29.9. The molecule has 10 heteroatoms. The lowest BCUT2D eigenvalue weighted by molar-refractivity contribution is -0.163. The van der Waals surface area contributed by atoms with Crippen molar-refractivity contribution in [2.45, 2.75) is 121 Å². The van der Waals surface area contributed by atoms with E-state index in [4.69, 9.17) is 13.1 Å². The van der Waals surface area contributed by atoms with Crippen LogP contribution in [0.3, 0.4) is 0 Å². The van der Waals surface area contributed by atoms with Gasteiger partial charge in [0.05, 0.1) is 29.1 Å². The van der Waals surface area contributed by atoms with Gasteiger partial charge in [0.1, 0.15) is 0 Å². The summed E-state index contributed by atoms with van der Waals surface area (Å²) in [5.74, 6) is 1.64. The summed E-state index contributed by atoms with van der Waals surface area (Å²) < 4.78 is 71.7. The molecular weight excluding hydrogens is 661 g/mol. The van der Waals surface area contributed by atoms with Crippen LogP contribution in [0.5, 0.6) is 0 Å². The average Bonchev–Trinajstić information content (AvgIpc) is 3.41. The van der Waals surface area contributed by atoms with Crippen LogP contribution in [0.2, 0.25) is 0 Å². The second-order valence-corrected chi connectivity index (χ2v) is 19.4. The molecule has 2 aromatic rings. The number of aryl methyl sites for hydroxylation is 2. The van der Waals surface area contributed by atoms with E-state index in [2.05, 4.69) is 20.8 Å². The van der Waals surface area contributed by atoms with Gasteiger partial charge in [0.15, 0.2) is 0 Å². The highest BCUT2D eigenvalue weighted by Gasteiger charge is 2.63. The Hall–Kier alpha value is -2.27. The van der Waals surface area contributed by atoms with Gasteiger partial charge in [-0.15, -0.1) is 0 Å². The van der Waals surface area contributed by atoms with E-state index in [9.17, 15) is 21.6 Å². The van der Waals surface area contributed by atoms with Crippen LogP contribution in [0.1, 0.15) is 96.1 Å². The van der Waals surface area contributed by atoms with Crippen molar-refractivity contribution >= 4 is 26.2 Å². The Morgan fingerprint density at radius 3 is 1.90 bits per heavy atom. The smallest absolute Gasteiger partial charge is 0.305 e. The largest absolute Gasteiger partial charge is 0.469 e. The van der Waals surface area contributed by atoms with Crippen LogP contribution in [-0.4, -0.2) is 42.1 Å². The van der Waals surface area contributed by atoms with Crippen LogP contribution < -0.4 is 0 Å². The summed E-state index contributed by atoms with van der Waals surface area (Å²) in [7, 11) is -6.62. The van der Waals surface area contributed by atoms with Crippen LogP contribution in [-0.2, 0) is 38.1 Å². The van der Waals surface area contributed by atoms with Crippen LogP contribution >= 0.6 is 0 Å². The van der Waals surface area contributed by atoms with E-state index in [0.29, 0.717) is 55.3 Å². The molecule has 0 aromatic heterocycles. The van der Waals surface area contributed by atoms with Crippen molar-refractivity contribution in [1.82, 2.24) is 0 Å². The van der Waals surface area contributed by atoms with E-state index in [-0.39, 0.29) is 32.5 Å². The molecule has 4 aliphatic rings. The number of carbonyl (C=O) groups is 1. The van der Waals surface area contributed by atoms with E-state index >= 15 is 0 Å². The first-order valence-electron chi connectivity index (χ1n) is 18.1. The molecule has 4 aliphatic carbocycles. The van der Waals surface area contributed by atoms with E-state index < -0.39 is 32.4 Å². The minimum absolute atomic E-state index is 0.0999. The highest BCUT2D eigenvalue weighted by atomic mass is 32.2. The van der Waals surface area contributed by atoms with Crippen molar-refractivity contribution in [3.8, 4) is 0 Å². The summed E-state index contributed by atoms with van der Waals surface area (Å²) in [5, 5.41) is 0. The topological polar surface area (TPSA) is 113 Å². The van der Waals surface area contributed by atoms with Crippen molar-refractivity contribution < 1.29 is 34.7 Å². The van der Waals surface area contributed by atoms with Crippen LogP contribution in [0.25, 0.3) is 0 Å². The Morgan fingerprint density at radius 2 is 1.31 bits per heavy atom. The van der Waals surface area contributed by atoms with Crippen molar-refractivity contribution in [1.29, 1.82) is 0 Å². The number of ether oxygens (including phenoxy) is 1. The molecule has 270 valence electrons. The second kappa shape index (κ2) is 13.7. The number of fused-ring (bicyclic) bond motifs is 5. The number of rotatable bonds is 10. The highest BCUT2D eigenvalue weighted by molar-refractivity contribution is 7.87. The molecule has 4 fully saturated rings. The van der Waals surface area contributed by atoms with Gasteiger partial charge < -0.3 is 4.74 Å². The fourth-order valence-corrected chi connectivity index (χ4v) is 13.1. The van der Waals surface area contributed by atoms with Crippen molar-refractivity contribution in [3.63, 3.8) is 0 Å². The molecule has 0 bridgehead atoms. The summed E-state index contributed by atoms with van der Waals surface area (Å²) in [6, 6.07) is 13.4. The quantitative estimate of drug-likeness (QED) is 0.180. The van der Waals surface area contributed by atoms with Crippen molar-refractivity contribution in [2.24, 2.45) is 46.3 Å². The Balaban J connectivity index is 1.29. The Bertz CT molecular complexity index is 1720. The maximum atomic E-state index is 13.9. The van der Waals surface area contributed by atoms with Gasteiger partial charge in [0, 0.05) is 6.42 Å². The van der Waals surface area contributed by atoms with Crippen LogP contribution in [0.15, 0.2) is 58.3 Å². The minimum atomic E-state index is -4.07. The lowest BCUT2D eigenvalue weighted by atomic mass is 9.43. The molecule has 0 saturated heterocycles. The van der Waals surface area contributed by atoms with E-state index in [1.807, 2.05) is 13.8 Å². The van der Waals surface area contributed by atoms with Gasteiger partial charge in [0.25, 0.3) is 20.2 Å². The SMILES string of the molecule is COC(=O)CC[C@@H](C)[C@H]1CC[C@@H]2[C@H]3C[C@H](OS(=O)(=O)c4ccc(C)cc4)[C@@H]4C[C@H](OS(=O)(=O)c5ccc(C)cc5)CC[C@]4(C)[C@H]3CC[C@@]21C. The normalized spacial score (nSPS) is 35.1. The van der Waals surface area contributed by atoms with Crippen LogP contribution in [0.4, 0.5) is 0 Å². The molecule has 0 unspecified atom stereocenters. The Labute approximate surface area is 293 Å². The molecule has 0 spiro atoms. The van der Waals surface area contributed by atoms with Gasteiger partial charge in [0.2, 0.25) is 0 Å². The van der Waals surface area contributed by atoms with Gasteiger partial charge in [-0.05, 0) is 142 Å². The zero-order chi connectivity index (χ0) is 35.4. The zero-order valence-corrected chi connectivity index (χ0v) is 31.5. The first-order chi connectivity index (χ1) is 23.1. The number of esters is 1. The lowest BCUT2D eigenvalue weighted by Crippen LogP contribution is -2.59. The maximum absolute atomic E-state index is 13.9. The Kier molecular flexibility index (Phi) is 10.2. The fraction of sp³-hybridized carbons (Fsp3) is 0.667. The fourth-order valence-electron chi connectivity index (χ4n) is 10.9. The number of carbonyl (C=O) groups excluding carboxylic acids is 1. The summed E-state index contributed by atoms with van der Waals surface area (Å²) >= 11 is 0. The van der Waals surface area contributed by atoms with Crippen LogP contribution in [0, 0.1) is 60.2 Å². The van der Waals surface area contributed by atoms with E-state index in [1.54, 1.807) is 48.5 Å². The molecule has 0 aliphatic heterocycles. The standard InChI is InChI=1S/C39H54O8S2/c1-25-7-12-29(13-8-25)48(41,42)46-28-19-21-39(5)34-20-22-38(4)32(27(3)11-18-37(40)45-6)16-17-33(38)31(34)24-36(35(39)23-28)47-49(43,44)30-14-9-26(2)10-15-30/h7-10,12-15,27-28,31-36H,11,16-24H2,1-6H3/t27-,28-,31-,32-,33-,34+,35+,36+,38-,39-/m1/s1. The molecule has 10 atom stereocenters. The third kappa shape index (κ3) is 7.01. The number of hydrogen-bond donors (Lipinski definition) is 0. The van der Waals surface area contributed by atoms with Gasteiger partial charge in [-0.3, -0.25) is 13.2 Å². The van der Waals surface area contributed by atoms with Crippen molar-refractivity contribution in [3.05, 3.63) is 59.7 Å². The maximum Gasteiger partial charge on any atom is 0.305 e. The third-order valence-corrected chi connectivity index (χ3v) is 16.3. The minimum Gasteiger partial charge on any atom is -0.469 e. The molecular formula is C39H54O8S2. The number of methoxy groups -OCH3 is 1. The highest BCUT2D eigenvalue weighted by Crippen LogP contribution is 2.69. The molecule has 4 saturated carbocycles. The summed E-state index contributed by atoms with van der Waals surface area (Å²) in [6.07, 6.45) is 6.81. The second-order valence-electron chi connectivity index (χ2n) is 16.2. The van der Waals surface area contributed by atoms with Crippen molar-refractivity contribution in [2.75, 3.05) is 7.11 Å². The van der Waals surface area contributed by atoms with Gasteiger partial charge in [-0.25, -0.2) is 0 Å².